The summed E-state index contributed by atoms with van der Waals surface area (Å²) >= 11 is 0. The molecule has 6 heteroatoms. The molecule has 6 nitrogen and oxygen atoms in total. The van der Waals surface area contributed by atoms with Crippen LogP contribution >= 0.6 is 0 Å². The van der Waals surface area contributed by atoms with E-state index in [4.69, 9.17) is 14.3 Å². The standard InChI is InChI=1S/C25H34N2O4/c1-19(2)17-30-18-22(28)15-27(14-20-8-7-11-23(12-20)29-3)16-24-13-25(26-31-24)21-9-5-4-6-10-21/h4-12,19,22,24,28H,13-18H2,1-3H3. The summed E-state index contributed by atoms with van der Waals surface area (Å²) in [5.41, 5.74) is 3.18. The Balaban J connectivity index is 1.61. The number of aliphatic hydroxyl groups excluding tert-OH is 1. The van der Waals surface area contributed by atoms with E-state index in [2.05, 4.69) is 42.1 Å². The molecule has 31 heavy (non-hydrogen) atoms. The molecule has 0 saturated carbocycles. The fourth-order valence-corrected chi connectivity index (χ4v) is 3.64. The van der Waals surface area contributed by atoms with Crippen LogP contribution in [-0.2, 0) is 16.1 Å². The van der Waals surface area contributed by atoms with Crippen molar-refractivity contribution in [2.45, 2.75) is 39.0 Å². The summed E-state index contributed by atoms with van der Waals surface area (Å²) in [6.45, 7) is 7.01. The third kappa shape index (κ3) is 7.65. The Morgan fingerprint density at radius 3 is 2.68 bits per heavy atom. The summed E-state index contributed by atoms with van der Waals surface area (Å²) in [6.07, 6.45) is 0.128. The van der Waals surface area contributed by atoms with Gasteiger partial charge in [0.25, 0.3) is 0 Å². The average Bonchev–Trinajstić information content (AvgIpc) is 3.22. The van der Waals surface area contributed by atoms with Crippen LogP contribution in [0.25, 0.3) is 0 Å². The van der Waals surface area contributed by atoms with Crippen LogP contribution in [0.15, 0.2) is 59.8 Å². The first-order valence-corrected chi connectivity index (χ1v) is 10.9. The molecule has 3 rings (SSSR count). The largest absolute Gasteiger partial charge is 0.497 e. The number of ether oxygens (including phenoxy) is 2. The van der Waals surface area contributed by atoms with Gasteiger partial charge in [0.05, 0.1) is 25.5 Å². The zero-order valence-electron chi connectivity index (χ0n) is 18.7. The van der Waals surface area contributed by atoms with Crippen LogP contribution in [0.4, 0.5) is 0 Å². The fraction of sp³-hybridized carbons (Fsp3) is 0.480. The van der Waals surface area contributed by atoms with Crippen molar-refractivity contribution < 1.29 is 19.4 Å². The predicted octanol–water partition coefficient (Wildman–Crippen LogP) is 3.72. The lowest BCUT2D eigenvalue weighted by Gasteiger charge is -2.27. The summed E-state index contributed by atoms with van der Waals surface area (Å²) in [5.74, 6) is 1.27. The molecule has 0 saturated heterocycles. The third-order valence-electron chi connectivity index (χ3n) is 5.07. The Labute approximate surface area is 185 Å². The molecule has 0 aromatic heterocycles. The normalized spacial score (nSPS) is 17.0. The van der Waals surface area contributed by atoms with Crippen LogP contribution in [0.3, 0.4) is 0 Å². The number of benzene rings is 2. The van der Waals surface area contributed by atoms with Crippen molar-refractivity contribution in [2.24, 2.45) is 11.1 Å². The number of hydrogen-bond acceptors (Lipinski definition) is 6. The van der Waals surface area contributed by atoms with E-state index in [0.29, 0.717) is 38.8 Å². The van der Waals surface area contributed by atoms with Crippen molar-refractivity contribution in [1.29, 1.82) is 0 Å². The zero-order chi connectivity index (χ0) is 22.1. The van der Waals surface area contributed by atoms with Gasteiger partial charge in [-0.2, -0.15) is 0 Å². The van der Waals surface area contributed by atoms with Gasteiger partial charge < -0.3 is 19.4 Å². The van der Waals surface area contributed by atoms with Crippen molar-refractivity contribution in [2.75, 3.05) is 33.4 Å². The fourth-order valence-electron chi connectivity index (χ4n) is 3.64. The lowest BCUT2D eigenvalue weighted by molar-refractivity contribution is -0.00735. The predicted molar refractivity (Wildman–Crippen MR) is 122 cm³/mol. The van der Waals surface area contributed by atoms with Crippen molar-refractivity contribution in [3.63, 3.8) is 0 Å². The molecule has 1 N–H and O–H groups in total. The summed E-state index contributed by atoms with van der Waals surface area (Å²) in [4.78, 5) is 7.94. The first kappa shape index (κ1) is 23.3. The Morgan fingerprint density at radius 1 is 1.13 bits per heavy atom. The first-order valence-electron chi connectivity index (χ1n) is 10.9. The quantitative estimate of drug-likeness (QED) is 0.560. The van der Waals surface area contributed by atoms with Gasteiger partial charge in [0, 0.05) is 32.7 Å². The van der Waals surface area contributed by atoms with Gasteiger partial charge in [-0.25, -0.2) is 0 Å². The molecule has 1 aliphatic rings. The van der Waals surface area contributed by atoms with Crippen LogP contribution in [0.1, 0.15) is 31.4 Å². The van der Waals surface area contributed by atoms with Gasteiger partial charge in [0.1, 0.15) is 11.9 Å². The molecule has 0 amide bonds. The maximum Gasteiger partial charge on any atom is 0.145 e. The molecule has 168 valence electrons. The van der Waals surface area contributed by atoms with E-state index in [9.17, 15) is 5.11 Å². The minimum absolute atomic E-state index is 0.0513. The van der Waals surface area contributed by atoms with Crippen LogP contribution < -0.4 is 4.74 Å². The molecular weight excluding hydrogens is 392 g/mol. The average molecular weight is 427 g/mol. The van der Waals surface area contributed by atoms with E-state index in [1.54, 1.807) is 7.11 Å². The van der Waals surface area contributed by atoms with E-state index in [1.807, 2.05) is 36.4 Å². The Kier molecular flexibility index (Phi) is 8.88. The Morgan fingerprint density at radius 2 is 1.94 bits per heavy atom. The van der Waals surface area contributed by atoms with E-state index in [-0.39, 0.29) is 6.10 Å². The Hall–Kier alpha value is -2.41. The molecular formula is C25H34N2O4. The van der Waals surface area contributed by atoms with Crippen LogP contribution in [0.5, 0.6) is 5.75 Å². The number of methoxy groups -OCH3 is 1. The second-order valence-electron chi connectivity index (χ2n) is 8.47. The summed E-state index contributed by atoms with van der Waals surface area (Å²) in [5, 5.41) is 14.9. The smallest absolute Gasteiger partial charge is 0.145 e. The molecule has 0 spiro atoms. The molecule has 0 aliphatic carbocycles. The second kappa shape index (κ2) is 11.8. The molecule has 1 aliphatic heterocycles. The van der Waals surface area contributed by atoms with Crippen LogP contribution in [0, 0.1) is 5.92 Å². The molecule has 2 aromatic carbocycles. The third-order valence-corrected chi connectivity index (χ3v) is 5.07. The highest BCUT2D eigenvalue weighted by atomic mass is 16.6. The minimum atomic E-state index is -0.569. The summed E-state index contributed by atoms with van der Waals surface area (Å²) in [6, 6.07) is 18.1. The highest BCUT2D eigenvalue weighted by molar-refractivity contribution is 6.01. The highest BCUT2D eigenvalue weighted by Gasteiger charge is 2.25. The summed E-state index contributed by atoms with van der Waals surface area (Å²) in [7, 11) is 1.67. The number of nitrogens with zero attached hydrogens (tertiary/aromatic N) is 2. The van der Waals surface area contributed by atoms with E-state index in [0.717, 1.165) is 29.0 Å². The molecule has 2 unspecified atom stereocenters. The lowest BCUT2D eigenvalue weighted by Crippen LogP contribution is -2.39. The van der Waals surface area contributed by atoms with E-state index in [1.165, 1.54) is 0 Å². The molecule has 0 fully saturated rings. The molecule has 2 aromatic rings. The highest BCUT2D eigenvalue weighted by Crippen LogP contribution is 2.20. The number of oxime groups is 1. The SMILES string of the molecule is COc1cccc(CN(CC(O)COCC(C)C)CC2CC(c3ccccc3)=NO2)c1. The lowest BCUT2D eigenvalue weighted by atomic mass is 10.0. The maximum absolute atomic E-state index is 10.6. The van der Waals surface area contributed by atoms with Gasteiger partial charge in [0.15, 0.2) is 0 Å². The topological polar surface area (TPSA) is 63.5 Å². The van der Waals surface area contributed by atoms with Gasteiger partial charge in [-0.1, -0.05) is 61.5 Å². The Bertz CT molecular complexity index is 825. The van der Waals surface area contributed by atoms with Crippen LogP contribution in [0.2, 0.25) is 0 Å². The second-order valence-corrected chi connectivity index (χ2v) is 8.47. The van der Waals surface area contributed by atoms with Crippen molar-refractivity contribution in [3.8, 4) is 5.75 Å². The zero-order valence-corrected chi connectivity index (χ0v) is 18.7. The molecule has 0 bridgehead atoms. The van der Waals surface area contributed by atoms with Crippen molar-refractivity contribution >= 4 is 5.71 Å². The first-order chi connectivity index (χ1) is 15.0. The van der Waals surface area contributed by atoms with Gasteiger partial charge >= 0.3 is 0 Å². The monoisotopic (exact) mass is 426 g/mol. The van der Waals surface area contributed by atoms with Gasteiger partial charge in [-0.05, 0) is 29.2 Å². The van der Waals surface area contributed by atoms with Gasteiger partial charge in [-0.3, -0.25) is 4.90 Å². The van der Waals surface area contributed by atoms with Crippen LogP contribution in [-0.4, -0.2) is 61.3 Å². The number of rotatable bonds is 12. The molecule has 1 heterocycles. The van der Waals surface area contributed by atoms with E-state index < -0.39 is 6.10 Å². The van der Waals surface area contributed by atoms with Gasteiger partial charge in [-0.15, -0.1) is 0 Å². The molecule has 0 radical (unpaired) electrons. The molecule has 2 atom stereocenters. The maximum atomic E-state index is 10.6. The minimum Gasteiger partial charge on any atom is -0.497 e. The summed E-state index contributed by atoms with van der Waals surface area (Å²) < 4.78 is 11.0. The van der Waals surface area contributed by atoms with Crippen molar-refractivity contribution in [3.05, 3.63) is 65.7 Å². The van der Waals surface area contributed by atoms with Gasteiger partial charge in [0.2, 0.25) is 0 Å². The van der Waals surface area contributed by atoms with Crippen molar-refractivity contribution in [1.82, 2.24) is 4.90 Å². The van der Waals surface area contributed by atoms with E-state index >= 15 is 0 Å². The number of aliphatic hydroxyl groups is 1. The number of hydrogen-bond donors (Lipinski definition) is 1.